The number of unbranched alkanes of at least 4 members (excludes halogenated alkanes) is 8. The van der Waals surface area contributed by atoms with Crippen LogP contribution in [0.4, 0.5) is 5.82 Å². The highest BCUT2D eigenvalue weighted by Gasteiger charge is 2.46. The molecule has 0 radical (unpaired) electrons. The minimum absolute atomic E-state index is 0.0148. The van der Waals surface area contributed by atoms with Gasteiger partial charge in [0.2, 0.25) is 0 Å². The summed E-state index contributed by atoms with van der Waals surface area (Å²) in [6, 6.07) is 1.24. The molecule has 19 nitrogen and oxygen atoms in total. The fraction of sp³-hybridized carbons (Fsp3) is 0.660. The Hall–Kier alpha value is -3.58. The molecular weight excluding hydrogens is 924 g/mol. The van der Waals surface area contributed by atoms with Gasteiger partial charge in [-0.15, -0.1) is 0 Å². The molecule has 7 N–H and O–H groups in total. The van der Waals surface area contributed by atoms with E-state index in [2.05, 4.69) is 42.2 Å². The smallest absolute Gasteiger partial charge is 0.462 e. The molecule has 0 amide bonds. The van der Waals surface area contributed by atoms with Gasteiger partial charge in [0.05, 0.1) is 19.3 Å². The largest absolute Gasteiger partial charge is 0.481 e. The summed E-state index contributed by atoms with van der Waals surface area (Å²) < 4.78 is 56.5. The lowest BCUT2D eigenvalue weighted by Gasteiger charge is -2.21. The number of nitrogens with two attached hydrogens (primary N) is 1. The summed E-state index contributed by atoms with van der Waals surface area (Å²) in [5, 5.41) is 30.9. The van der Waals surface area contributed by atoms with Crippen molar-refractivity contribution in [2.24, 2.45) is 5.92 Å². The van der Waals surface area contributed by atoms with Gasteiger partial charge in [-0.2, -0.15) is 9.29 Å². The number of rotatable bonds is 37. The van der Waals surface area contributed by atoms with Gasteiger partial charge < -0.3 is 45.1 Å². The van der Waals surface area contributed by atoms with Gasteiger partial charge >= 0.3 is 33.3 Å². The normalized spacial score (nSPS) is 20.9. The van der Waals surface area contributed by atoms with Crippen LogP contribution in [0.3, 0.4) is 0 Å². The molecule has 0 bridgehead atoms. The summed E-state index contributed by atoms with van der Waals surface area (Å²) in [6.45, 7) is 4.15. The predicted molar refractivity (Wildman–Crippen MR) is 258 cm³/mol. The summed E-state index contributed by atoms with van der Waals surface area (Å²) in [4.78, 5) is 61.7. The first-order chi connectivity index (χ1) is 32.5. The molecule has 0 aliphatic carbocycles. The summed E-state index contributed by atoms with van der Waals surface area (Å²) >= 11 is 0. The number of ether oxygens (including phenoxy) is 3. The molecule has 2 heterocycles. The Morgan fingerprint density at radius 1 is 0.838 bits per heavy atom. The molecule has 1 aliphatic heterocycles. The maximum atomic E-state index is 12.8. The molecule has 0 spiro atoms. The lowest BCUT2D eigenvalue weighted by Crippen LogP contribution is -2.36. The molecule has 21 heteroatoms. The first-order valence-corrected chi connectivity index (χ1v) is 26.8. The van der Waals surface area contributed by atoms with Gasteiger partial charge in [0.1, 0.15) is 30.7 Å². The molecule has 9 atom stereocenters. The number of esters is 2. The highest BCUT2D eigenvalue weighted by Crippen LogP contribution is 2.60. The summed E-state index contributed by atoms with van der Waals surface area (Å²) in [5.74, 6) is -0.665. The average Bonchev–Trinajstić information content (AvgIpc) is 3.57. The van der Waals surface area contributed by atoms with Crippen molar-refractivity contribution >= 4 is 33.4 Å². The van der Waals surface area contributed by atoms with Crippen LogP contribution >= 0.6 is 15.6 Å². The van der Waals surface area contributed by atoms with E-state index in [-0.39, 0.29) is 18.7 Å². The van der Waals surface area contributed by atoms with Crippen LogP contribution in [0.5, 0.6) is 0 Å². The van der Waals surface area contributed by atoms with Gasteiger partial charge in [-0.3, -0.25) is 23.2 Å². The Kier molecular flexibility index (Phi) is 30.9. The van der Waals surface area contributed by atoms with E-state index >= 15 is 0 Å². The number of phosphoric acid groups is 2. The van der Waals surface area contributed by atoms with E-state index in [1.807, 2.05) is 36.5 Å². The molecule has 1 aliphatic rings. The molecular formula is C47H77N3O16P2. The van der Waals surface area contributed by atoms with E-state index in [0.717, 1.165) is 55.2 Å². The topological polar surface area (TPSA) is 286 Å². The minimum Gasteiger partial charge on any atom is -0.462 e. The van der Waals surface area contributed by atoms with Crippen LogP contribution in [0.15, 0.2) is 77.8 Å². The van der Waals surface area contributed by atoms with Gasteiger partial charge in [0.15, 0.2) is 12.3 Å². The number of aromatic nitrogens is 2. The van der Waals surface area contributed by atoms with Crippen LogP contribution in [-0.2, 0) is 46.3 Å². The molecule has 4 unspecified atom stereocenters. The van der Waals surface area contributed by atoms with E-state index in [0.29, 0.717) is 32.1 Å². The third kappa shape index (κ3) is 27.6. The van der Waals surface area contributed by atoms with Crippen molar-refractivity contribution in [2.45, 2.75) is 173 Å². The molecule has 68 heavy (non-hydrogen) atoms. The number of carbonyl (C=O) groups is 2. The maximum absolute atomic E-state index is 12.8. The highest BCUT2D eigenvalue weighted by molar-refractivity contribution is 7.61. The molecule has 1 fully saturated rings. The van der Waals surface area contributed by atoms with Crippen LogP contribution in [0.2, 0.25) is 0 Å². The van der Waals surface area contributed by atoms with Crippen LogP contribution in [0.25, 0.3) is 0 Å². The maximum Gasteiger partial charge on any atom is 0.481 e. The van der Waals surface area contributed by atoms with Crippen LogP contribution in [0, 0.1) is 5.92 Å². The number of phosphoric ester groups is 2. The zero-order valence-corrected chi connectivity index (χ0v) is 41.7. The van der Waals surface area contributed by atoms with Crippen molar-refractivity contribution in [1.82, 2.24) is 9.55 Å². The van der Waals surface area contributed by atoms with Crippen LogP contribution in [0.1, 0.15) is 143 Å². The van der Waals surface area contributed by atoms with E-state index < -0.39 is 89.8 Å². The molecule has 1 saturated heterocycles. The number of hydrogen-bond donors (Lipinski definition) is 6. The second-order valence-electron chi connectivity index (χ2n) is 16.7. The number of anilines is 1. The fourth-order valence-electron chi connectivity index (χ4n) is 6.64. The first-order valence-electron chi connectivity index (χ1n) is 23.8. The average molecular weight is 1000 g/mol. The lowest BCUT2D eigenvalue weighted by molar-refractivity contribution is -0.161. The van der Waals surface area contributed by atoms with Crippen molar-refractivity contribution in [3.63, 3.8) is 0 Å². The van der Waals surface area contributed by atoms with E-state index in [4.69, 9.17) is 29.0 Å². The number of aliphatic hydroxyl groups is 3. The third-order valence-electron chi connectivity index (χ3n) is 10.7. The Morgan fingerprint density at radius 3 is 2.19 bits per heavy atom. The molecule has 2 rings (SSSR count). The van der Waals surface area contributed by atoms with Crippen molar-refractivity contribution in [3.8, 4) is 0 Å². The van der Waals surface area contributed by atoms with Gasteiger partial charge in [-0.1, -0.05) is 139 Å². The van der Waals surface area contributed by atoms with Crippen molar-refractivity contribution in [3.05, 3.63) is 83.5 Å². The van der Waals surface area contributed by atoms with Gasteiger partial charge in [0.25, 0.3) is 0 Å². The van der Waals surface area contributed by atoms with Crippen LogP contribution < -0.4 is 11.4 Å². The SMILES string of the molecule is CC/C=C\C/C=C\CC(O)/C=C/C=C\C/C=C\CCCC(=O)OC[C@H](COP(=O)(O)OP(=O)(O)OC[C@H]1O[C@@H](n2ccc(N)nc2=O)[C@H](O)[C@@H]1O)OC(=O)CCCCCCCCCCC(C)CC. The monoisotopic (exact) mass is 1000 g/mol. The number of nitrogen functional groups attached to an aromatic ring is 1. The molecule has 386 valence electrons. The minimum atomic E-state index is -5.44. The Bertz CT molecular complexity index is 1910. The lowest BCUT2D eigenvalue weighted by atomic mass is 9.99. The first kappa shape index (κ1) is 60.5. The summed E-state index contributed by atoms with van der Waals surface area (Å²) in [5.41, 5.74) is 4.57. The Labute approximate surface area is 401 Å². The standard InChI is InChI=1S/C47H77N3O16P2/c1-4-6-7-8-18-23-28-38(51)29-24-19-14-10-12-15-20-25-30-42(52)61-34-39(64-43(53)31-26-21-16-11-9-13-17-22-27-37(3)5-2)35-62-67(57,58)66-68(59,60)63-36-40-44(54)45(55)46(65-40)50-33-32-41(48)49-47(50)56/h6-7,12,14-15,18-19,23-24,29,32-33,37-40,44-46,51,54-55H,4-5,8-11,13,16-17,20-22,25-28,30-31,34-36H2,1-3H3,(H,57,58)(H,59,60)(H2,48,49,56)/b7-6-,15-12-,19-14-,23-18-,29-24+/t37?,38?,39-,40-,44-,45-,46-/m1/s1. The summed E-state index contributed by atoms with van der Waals surface area (Å²) in [6.07, 6.45) is 26.5. The number of aliphatic hydroxyl groups excluding tert-OH is 3. The number of nitrogens with zero attached hydrogens (tertiary/aromatic N) is 2. The van der Waals surface area contributed by atoms with E-state index in [1.165, 1.54) is 38.2 Å². The number of carbonyl (C=O) groups excluding carboxylic acids is 2. The Balaban J connectivity index is 1.86. The molecule has 1 aromatic heterocycles. The van der Waals surface area contributed by atoms with E-state index in [1.54, 1.807) is 12.2 Å². The van der Waals surface area contributed by atoms with Gasteiger partial charge in [-0.05, 0) is 56.9 Å². The quantitative estimate of drug-likeness (QED) is 0.0121. The number of hydrogen-bond acceptors (Lipinski definition) is 16. The van der Waals surface area contributed by atoms with Crippen molar-refractivity contribution in [2.75, 3.05) is 25.6 Å². The van der Waals surface area contributed by atoms with Gasteiger partial charge in [-0.25, -0.2) is 13.9 Å². The van der Waals surface area contributed by atoms with E-state index in [9.17, 15) is 48.6 Å². The number of allylic oxidation sites excluding steroid dienone is 8. The third-order valence-corrected chi connectivity index (χ3v) is 13.3. The molecule has 0 saturated carbocycles. The zero-order valence-electron chi connectivity index (χ0n) is 39.9. The zero-order chi connectivity index (χ0) is 50.2. The summed E-state index contributed by atoms with van der Waals surface area (Å²) in [7, 11) is -10.9. The molecule has 0 aromatic carbocycles. The fourth-order valence-corrected chi connectivity index (χ4v) is 8.75. The second kappa shape index (κ2) is 34.7. The van der Waals surface area contributed by atoms with Crippen molar-refractivity contribution < 1.29 is 71.4 Å². The van der Waals surface area contributed by atoms with Crippen molar-refractivity contribution in [1.29, 1.82) is 0 Å². The van der Waals surface area contributed by atoms with Gasteiger partial charge in [0, 0.05) is 19.0 Å². The molecule has 1 aromatic rings. The predicted octanol–water partition coefficient (Wildman–Crippen LogP) is 7.99. The Morgan fingerprint density at radius 2 is 1.49 bits per heavy atom. The highest BCUT2D eigenvalue weighted by atomic mass is 31.3. The van der Waals surface area contributed by atoms with Crippen LogP contribution in [-0.4, -0.2) is 96.9 Å². The second-order valence-corrected chi connectivity index (χ2v) is 19.7.